The molecule has 3 N–H and O–H groups in total. The number of rotatable bonds is 18. The molecular weight excluding hydrogens is 793 g/mol. The van der Waals surface area contributed by atoms with Crippen LogP contribution in [0, 0.1) is 0 Å². The highest BCUT2D eigenvalue weighted by Crippen LogP contribution is 2.34. The number of aromatic amines is 1. The van der Waals surface area contributed by atoms with Crippen LogP contribution in [0.4, 0.5) is 5.82 Å². The minimum absolute atomic E-state index is 0.0559. The van der Waals surface area contributed by atoms with Gasteiger partial charge in [0.05, 0.1) is 34.8 Å². The molecular formula is C45H50N10O7. The van der Waals surface area contributed by atoms with E-state index in [4.69, 9.17) is 9.84 Å². The second-order valence-corrected chi connectivity index (χ2v) is 15.4. The number of allylic oxidation sites excluding steroid dienone is 3. The molecule has 17 heteroatoms. The van der Waals surface area contributed by atoms with Crippen molar-refractivity contribution in [1.29, 1.82) is 0 Å². The summed E-state index contributed by atoms with van der Waals surface area (Å²) in [5.41, 5.74) is 2.64. The second-order valence-electron chi connectivity index (χ2n) is 15.4. The average molecular weight is 843 g/mol. The van der Waals surface area contributed by atoms with Gasteiger partial charge >= 0.3 is 0 Å². The van der Waals surface area contributed by atoms with Gasteiger partial charge in [0.2, 0.25) is 17.7 Å². The zero-order valence-corrected chi connectivity index (χ0v) is 34.7. The van der Waals surface area contributed by atoms with Gasteiger partial charge in [-0.05, 0) is 82.2 Å². The van der Waals surface area contributed by atoms with Crippen molar-refractivity contribution >= 4 is 53.8 Å². The Balaban J connectivity index is 0.833. The average Bonchev–Trinajstić information content (AvgIpc) is 4.03. The molecule has 7 rings (SSSR count). The van der Waals surface area contributed by atoms with Crippen molar-refractivity contribution in [1.82, 2.24) is 40.1 Å². The summed E-state index contributed by atoms with van der Waals surface area (Å²) in [5, 5.41) is 16.9. The van der Waals surface area contributed by atoms with Crippen LogP contribution in [0.1, 0.15) is 120 Å². The minimum Gasteiger partial charge on any atom is -0.493 e. The Labute approximate surface area is 358 Å². The number of hydrogen-bond acceptors (Lipinski definition) is 11. The maximum Gasteiger partial charge on any atom is 0.275 e. The first-order valence-electron chi connectivity index (χ1n) is 21.1. The lowest BCUT2D eigenvalue weighted by Gasteiger charge is -2.31. The third kappa shape index (κ3) is 9.77. The highest BCUT2D eigenvalue weighted by molar-refractivity contribution is 6.24. The molecule has 2 fully saturated rings. The molecule has 6 heterocycles. The smallest absolute Gasteiger partial charge is 0.275 e. The van der Waals surface area contributed by atoms with E-state index in [2.05, 4.69) is 37.5 Å². The fraction of sp³-hybridized carbons (Fsp3) is 0.378. The van der Waals surface area contributed by atoms with Gasteiger partial charge in [-0.2, -0.15) is 14.9 Å². The van der Waals surface area contributed by atoms with E-state index in [1.54, 1.807) is 59.4 Å². The van der Waals surface area contributed by atoms with Crippen molar-refractivity contribution in [3.8, 4) is 17.1 Å². The number of nitrogens with zero attached hydrogens (tertiary/aromatic N) is 7. The summed E-state index contributed by atoms with van der Waals surface area (Å²) >= 11 is 0. The molecule has 0 saturated carbocycles. The number of nitrogens with one attached hydrogen (secondary N) is 3. The highest BCUT2D eigenvalue weighted by Gasteiger charge is 2.46. The number of amides is 6. The summed E-state index contributed by atoms with van der Waals surface area (Å²) < 4.78 is 7.52. The fourth-order valence-electron chi connectivity index (χ4n) is 7.98. The minimum atomic E-state index is -1.03. The van der Waals surface area contributed by atoms with Crippen LogP contribution in [0.25, 0.3) is 17.2 Å². The quantitative estimate of drug-likeness (QED) is 0.0466. The summed E-state index contributed by atoms with van der Waals surface area (Å²) in [6, 6.07) is 12.6. The molecule has 0 aliphatic carbocycles. The number of likely N-dealkylation sites (tertiary alicyclic amines) is 1. The van der Waals surface area contributed by atoms with Crippen molar-refractivity contribution in [2.45, 2.75) is 89.5 Å². The van der Waals surface area contributed by atoms with Crippen molar-refractivity contribution in [3.05, 3.63) is 95.5 Å². The number of aromatic nitrogens is 5. The first-order valence-corrected chi connectivity index (χ1v) is 21.1. The Hall–Kier alpha value is -7.04. The van der Waals surface area contributed by atoms with Crippen LogP contribution < -0.4 is 15.4 Å². The summed E-state index contributed by atoms with van der Waals surface area (Å²) in [7, 11) is 0. The van der Waals surface area contributed by atoms with Crippen LogP contribution in [0.3, 0.4) is 0 Å². The van der Waals surface area contributed by atoms with Gasteiger partial charge in [0.1, 0.15) is 23.3 Å². The maximum atomic E-state index is 13.5. The van der Waals surface area contributed by atoms with Gasteiger partial charge in [-0.3, -0.25) is 44.1 Å². The number of ether oxygens (including phenoxy) is 1. The summed E-state index contributed by atoms with van der Waals surface area (Å²) in [6.07, 6.45) is 14.5. The number of fused-ring (bicyclic) bond motifs is 1. The monoisotopic (exact) mass is 842 g/mol. The predicted octanol–water partition coefficient (Wildman–Crippen LogP) is 5.91. The van der Waals surface area contributed by atoms with Crippen LogP contribution in [0.15, 0.2) is 77.9 Å². The van der Waals surface area contributed by atoms with Crippen LogP contribution in [-0.2, 0) is 14.4 Å². The second kappa shape index (κ2) is 20.0. The molecule has 3 aliphatic rings. The third-order valence-corrected chi connectivity index (χ3v) is 11.3. The largest absolute Gasteiger partial charge is 0.493 e. The molecule has 322 valence electrons. The van der Waals surface area contributed by atoms with Crippen LogP contribution in [0.5, 0.6) is 5.75 Å². The highest BCUT2D eigenvalue weighted by atomic mass is 16.5. The molecule has 3 aliphatic heterocycles. The van der Waals surface area contributed by atoms with Gasteiger partial charge in [-0.1, -0.05) is 50.0 Å². The number of pyridine rings is 1. The van der Waals surface area contributed by atoms with Crippen molar-refractivity contribution in [3.63, 3.8) is 0 Å². The number of unbranched alkanes of at least 4 members (excludes halogenated alkanes) is 5. The molecule has 4 aromatic rings. The van der Waals surface area contributed by atoms with Gasteiger partial charge in [0.15, 0.2) is 5.82 Å². The molecule has 6 amide bonds. The zero-order valence-electron chi connectivity index (χ0n) is 34.7. The Morgan fingerprint density at radius 3 is 2.48 bits per heavy atom. The van der Waals surface area contributed by atoms with Crippen molar-refractivity contribution in [2.24, 2.45) is 4.99 Å². The van der Waals surface area contributed by atoms with E-state index in [1.165, 1.54) is 0 Å². The van der Waals surface area contributed by atoms with Crippen molar-refractivity contribution < 1.29 is 33.5 Å². The number of aliphatic imine (C=N–C) groups is 1. The normalized spacial score (nSPS) is 17.1. The Morgan fingerprint density at radius 2 is 1.74 bits per heavy atom. The van der Waals surface area contributed by atoms with E-state index in [9.17, 15) is 28.8 Å². The molecule has 1 unspecified atom stereocenters. The number of carbonyl (C=O) groups is 6. The Morgan fingerprint density at radius 1 is 0.968 bits per heavy atom. The van der Waals surface area contributed by atoms with E-state index in [-0.39, 0.29) is 41.5 Å². The molecule has 1 atom stereocenters. The summed E-state index contributed by atoms with van der Waals surface area (Å²) in [6.45, 7) is 7.20. The molecule has 17 nitrogen and oxygen atoms in total. The molecule has 1 aromatic carbocycles. The van der Waals surface area contributed by atoms with Crippen LogP contribution in [0.2, 0.25) is 0 Å². The van der Waals surface area contributed by atoms with Crippen LogP contribution in [-0.4, -0.2) is 103 Å². The molecule has 2 saturated heterocycles. The number of hydrogen-bond donors (Lipinski definition) is 3. The number of benzene rings is 1. The van der Waals surface area contributed by atoms with E-state index in [0.717, 1.165) is 62.0 Å². The molecule has 0 bridgehead atoms. The third-order valence-electron chi connectivity index (χ3n) is 11.3. The zero-order chi connectivity index (χ0) is 43.6. The fourth-order valence-corrected chi connectivity index (χ4v) is 7.98. The van der Waals surface area contributed by atoms with Gasteiger partial charge in [-0.15, -0.1) is 0 Å². The van der Waals surface area contributed by atoms with E-state index >= 15 is 0 Å². The number of imide groups is 2. The van der Waals surface area contributed by atoms with E-state index in [1.807, 2.05) is 30.0 Å². The number of anilines is 1. The number of carbonyl (C=O) groups excluding carboxylic acids is 6. The topological polar surface area (TPSA) is 214 Å². The first kappa shape index (κ1) is 43.1. The van der Waals surface area contributed by atoms with E-state index in [0.29, 0.717) is 54.9 Å². The van der Waals surface area contributed by atoms with Gasteiger partial charge in [0, 0.05) is 44.1 Å². The molecule has 3 aromatic heterocycles. The number of H-pyrrole nitrogens is 1. The molecule has 62 heavy (non-hydrogen) atoms. The SMILES string of the molecule is C=N/C(=C\C=C/C)n1nc(C2CCN(C(=O)CCCCCCCCOc3cccc4c3C(=O)N(C3CCC(=O)NC3=O)C4=O)CC2)cc1NC(=O)c1cccc(-c2ccn[nH]2)n1. The summed E-state index contributed by atoms with van der Waals surface area (Å²) in [5.74, 6) is -1.23. The van der Waals surface area contributed by atoms with Crippen molar-refractivity contribution in [2.75, 3.05) is 25.0 Å². The summed E-state index contributed by atoms with van der Waals surface area (Å²) in [4.78, 5) is 88.5. The maximum absolute atomic E-state index is 13.5. The van der Waals surface area contributed by atoms with Gasteiger partial charge < -0.3 is 15.0 Å². The Kier molecular flexibility index (Phi) is 13.9. The lowest BCUT2D eigenvalue weighted by molar-refractivity contribution is -0.136. The van der Waals surface area contributed by atoms with Crippen LogP contribution >= 0.6 is 0 Å². The lowest BCUT2D eigenvalue weighted by atomic mass is 9.93. The van der Waals surface area contributed by atoms with Gasteiger partial charge in [-0.25, -0.2) is 9.98 Å². The Bertz CT molecular complexity index is 2390. The standard InChI is InChI=1S/C45H50N10O7/c1-3-4-17-37(46-2)55-38(49-42(58)33-15-12-14-31(48-33)32-21-24-47-51-32)28-34(52-55)29-22-25-53(26-23-29)40(57)18-9-7-5-6-8-10-27-62-36-16-11-13-30-41(36)45(61)54(44(30)60)35-19-20-39(56)50-43(35)59/h3-4,11-17,21,24,28-29,35H,2,5-10,18-20,22-23,25-27H2,1H3,(H,47,51)(H,49,58)(H,50,56,59)/b4-3-,37-17+. The predicted molar refractivity (Wildman–Crippen MR) is 230 cm³/mol. The lowest BCUT2D eigenvalue weighted by Crippen LogP contribution is -2.54. The molecule has 0 spiro atoms. The number of piperidine rings is 2. The molecule has 0 radical (unpaired) electrons. The first-order chi connectivity index (χ1) is 30.2. The van der Waals surface area contributed by atoms with E-state index < -0.39 is 35.6 Å². The van der Waals surface area contributed by atoms with Gasteiger partial charge in [0.25, 0.3) is 17.7 Å².